The second kappa shape index (κ2) is 9.18. The van der Waals surface area contributed by atoms with Crippen molar-refractivity contribution in [2.75, 3.05) is 11.1 Å². The zero-order valence-electron chi connectivity index (χ0n) is 14.4. The normalized spacial score (nSPS) is 10.7. The second-order valence-electron chi connectivity index (χ2n) is 5.62. The predicted molar refractivity (Wildman–Crippen MR) is 113 cm³/mol. The Balaban J connectivity index is 1.63. The van der Waals surface area contributed by atoms with E-state index >= 15 is 0 Å². The minimum absolute atomic E-state index is 0.0469. The summed E-state index contributed by atoms with van der Waals surface area (Å²) >= 11 is 3.62. The standard InChI is InChI=1S/C19H19IN4OS/c1-2-24-17(12-14-8-4-3-5-9-14)22-23-19(24)26-13-18(25)21-16-11-7-6-10-15(16)20/h3-11H,2,12-13H2,1H3,(H,21,25). The highest BCUT2D eigenvalue weighted by Gasteiger charge is 2.14. The van der Waals surface area contributed by atoms with Gasteiger partial charge in [0.1, 0.15) is 5.82 Å². The van der Waals surface area contributed by atoms with E-state index in [1.54, 1.807) is 0 Å². The van der Waals surface area contributed by atoms with Crippen LogP contribution in [0, 0.1) is 3.57 Å². The summed E-state index contributed by atoms with van der Waals surface area (Å²) in [4.78, 5) is 12.2. The predicted octanol–water partition coefficient (Wildman–Crippen LogP) is 4.22. The quantitative estimate of drug-likeness (QED) is 0.408. The third kappa shape index (κ3) is 4.85. The number of anilines is 1. The Morgan fingerprint density at radius 3 is 2.58 bits per heavy atom. The fourth-order valence-electron chi connectivity index (χ4n) is 2.53. The van der Waals surface area contributed by atoms with Crippen LogP contribution in [0.4, 0.5) is 5.69 Å². The van der Waals surface area contributed by atoms with E-state index in [-0.39, 0.29) is 5.91 Å². The molecule has 1 N–H and O–H groups in total. The van der Waals surface area contributed by atoms with Gasteiger partial charge in [-0.25, -0.2) is 0 Å². The first-order chi connectivity index (χ1) is 12.7. The molecule has 0 aliphatic carbocycles. The molecule has 0 atom stereocenters. The SMILES string of the molecule is CCn1c(Cc2ccccc2)nnc1SCC(=O)Nc1ccccc1I. The molecule has 5 nitrogen and oxygen atoms in total. The Bertz CT molecular complexity index is 882. The van der Waals surface area contributed by atoms with Gasteiger partial charge < -0.3 is 9.88 Å². The molecule has 2 aromatic carbocycles. The summed E-state index contributed by atoms with van der Waals surface area (Å²) in [6.45, 7) is 2.84. The maximum atomic E-state index is 12.2. The molecule has 1 aromatic heterocycles. The summed E-state index contributed by atoms with van der Waals surface area (Å²) in [6, 6.07) is 17.9. The molecule has 0 spiro atoms. The van der Waals surface area contributed by atoms with Crippen LogP contribution < -0.4 is 5.32 Å². The monoisotopic (exact) mass is 478 g/mol. The number of aromatic nitrogens is 3. The van der Waals surface area contributed by atoms with Crippen molar-refractivity contribution in [2.45, 2.75) is 25.0 Å². The first kappa shape index (κ1) is 18.9. The number of hydrogen-bond acceptors (Lipinski definition) is 4. The van der Waals surface area contributed by atoms with Gasteiger partial charge in [0, 0.05) is 16.5 Å². The lowest BCUT2D eigenvalue weighted by Crippen LogP contribution is -2.15. The van der Waals surface area contributed by atoms with E-state index in [0.717, 1.165) is 33.2 Å². The molecule has 0 aliphatic heterocycles. The maximum absolute atomic E-state index is 12.2. The van der Waals surface area contributed by atoms with Gasteiger partial charge in [0.2, 0.25) is 5.91 Å². The van der Waals surface area contributed by atoms with Crippen molar-refractivity contribution in [2.24, 2.45) is 0 Å². The molecule has 0 saturated heterocycles. The molecular formula is C19H19IN4OS. The summed E-state index contributed by atoms with van der Waals surface area (Å²) in [7, 11) is 0. The average molecular weight is 478 g/mol. The van der Waals surface area contributed by atoms with Gasteiger partial charge in [-0.05, 0) is 47.2 Å². The number of nitrogens with one attached hydrogen (secondary N) is 1. The Morgan fingerprint density at radius 1 is 1.12 bits per heavy atom. The van der Waals surface area contributed by atoms with Crippen LogP contribution in [0.2, 0.25) is 0 Å². The molecule has 0 radical (unpaired) electrons. The molecular weight excluding hydrogens is 459 g/mol. The molecule has 3 aromatic rings. The summed E-state index contributed by atoms with van der Waals surface area (Å²) in [6.07, 6.45) is 0.733. The van der Waals surface area contributed by atoms with Gasteiger partial charge >= 0.3 is 0 Å². The Labute approximate surface area is 170 Å². The van der Waals surface area contributed by atoms with E-state index in [2.05, 4.69) is 61.7 Å². The molecule has 1 heterocycles. The van der Waals surface area contributed by atoms with E-state index in [0.29, 0.717) is 5.75 Å². The molecule has 0 bridgehead atoms. The minimum Gasteiger partial charge on any atom is -0.324 e. The van der Waals surface area contributed by atoms with Crippen molar-refractivity contribution in [1.82, 2.24) is 14.8 Å². The lowest BCUT2D eigenvalue weighted by Gasteiger charge is -2.08. The third-order valence-corrected chi connectivity index (χ3v) is 5.70. The maximum Gasteiger partial charge on any atom is 0.234 e. The summed E-state index contributed by atoms with van der Waals surface area (Å²) < 4.78 is 3.09. The number of benzene rings is 2. The summed E-state index contributed by atoms with van der Waals surface area (Å²) in [5, 5.41) is 12.3. The van der Waals surface area contributed by atoms with Crippen LogP contribution in [0.15, 0.2) is 59.8 Å². The lowest BCUT2D eigenvalue weighted by atomic mass is 10.1. The molecule has 0 aliphatic rings. The smallest absolute Gasteiger partial charge is 0.234 e. The van der Waals surface area contributed by atoms with Crippen LogP contribution in [0.5, 0.6) is 0 Å². The van der Waals surface area contributed by atoms with Crippen molar-refractivity contribution in [3.63, 3.8) is 0 Å². The topological polar surface area (TPSA) is 59.8 Å². The van der Waals surface area contributed by atoms with Crippen LogP contribution in [0.1, 0.15) is 18.3 Å². The fraction of sp³-hybridized carbons (Fsp3) is 0.211. The largest absolute Gasteiger partial charge is 0.324 e. The van der Waals surface area contributed by atoms with Crippen LogP contribution in [0.25, 0.3) is 0 Å². The highest BCUT2D eigenvalue weighted by Crippen LogP contribution is 2.21. The average Bonchev–Trinajstić information content (AvgIpc) is 3.04. The van der Waals surface area contributed by atoms with Gasteiger partial charge in [-0.3, -0.25) is 4.79 Å². The van der Waals surface area contributed by atoms with Crippen molar-refractivity contribution in [3.05, 3.63) is 69.6 Å². The van der Waals surface area contributed by atoms with Crippen LogP contribution in [-0.2, 0) is 17.8 Å². The highest BCUT2D eigenvalue weighted by molar-refractivity contribution is 14.1. The van der Waals surface area contributed by atoms with Gasteiger partial charge in [-0.1, -0.05) is 54.2 Å². The third-order valence-electron chi connectivity index (χ3n) is 3.80. The van der Waals surface area contributed by atoms with E-state index < -0.39 is 0 Å². The molecule has 1 amide bonds. The first-order valence-electron chi connectivity index (χ1n) is 8.30. The molecule has 0 saturated carbocycles. The van der Waals surface area contributed by atoms with Gasteiger partial charge in [-0.2, -0.15) is 0 Å². The van der Waals surface area contributed by atoms with E-state index in [1.807, 2.05) is 42.5 Å². The van der Waals surface area contributed by atoms with Gasteiger partial charge in [0.15, 0.2) is 5.16 Å². The second-order valence-corrected chi connectivity index (χ2v) is 7.73. The Morgan fingerprint density at radius 2 is 1.85 bits per heavy atom. The Kier molecular flexibility index (Phi) is 6.67. The van der Waals surface area contributed by atoms with Crippen molar-refractivity contribution in [1.29, 1.82) is 0 Å². The number of nitrogens with zero attached hydrogens (tertiary/aromatic N) is 3. The number of hydrogen-bond donors (Lipinski definition) is 1. The van der Waals surface area contributed by atoms with Crippen molar-refractivity contribution < 1.29 is 4.79 Å². The number of para-hydroxylation sites is 1. The van der Waals surface area contributed by atoms with Gasteiger partial charge in [0.25, 0.3) is 0 Å². The number of carbonyl (C=O) groups excluding carboxylic acids is 1. The number of rotatable bonds is 7. The number of amides is 1. The molecule has 0 fully saturated rings. The van der Waals surface area contributed by atoms with Crippen molar-refractivity contribution >= 4 is 45.9 Å². The van der Waals surface area contributed by atoms with Gasteiger partial charge in [0.05, 0.1) is 11.4 Å². The molecule has 26 heavy (non-hydrogen) atoms. The zero-order chi connectivity index (χ0) is 18.4. The van der Waals surface area contributed by atoms with E-state index in [9.17, 15) is 4.79 Å². The zero-order valence-corrected chi connectivity index (χ0v) is 17.3. The Hall–Kier alpha value is -1.87. The number of halogens is 1. The summed E-state index contributed by atoms with van der Waals surface area (Å²) in [5.41, 5.74) is 2.03. The van der Waals surface area contributed by atoms with Gasteiger partial charge in [-0.15, -0.1) is 10.2 Å². The number of carbonyl (C=O) groups is 1. The van der Waals surface area contributed by atoms with E-state index in [4.69, 9.17) is 0 Å². The van der Waals surface area contributed by atoms with Crippen LogP contribution in [-0.4, -0.2) is 26.4 Å². The van der Waals surface area contributed by atoms with Crippen LogP contribution >= 0.6 is 34.4 Å². The van der Waals surface area contributed by atoms with Crippen LogP contribution in [0.3, 0.4) is 0 Å². The minimum atomic E-state index is -0.0469. The fourth-order valence-corrected chi connectivity index (χ4v) is 3.88. The van der Waals surface area contributed by atoms with E-state index in [1.165, 1.54) is 17.3 Å². The van der Waals surface area contributed by atoms with Crippen molar-refractivity contribution in [3.8, 4) is 0 Å². The first-order valence-corrected chi connectivity index (χ1v) is 10.4. The lowest BCUT2D eigenvalue weighted by molar-refractivity contribution is -0.113. The number of thioether (sulfide) groups is 1. The molecule has 7 heteroatoms. The highest BCUT2D eigenvalue weighted by atomic mass is 127. The summed E-state index contributed by atoms with van der Waals surface area (Å²) in [5.74, 6) is 1.17. The molecule has 134 valence electrons. The molecule has 0 unspecified atom stereocenters. The molecule has 3 rings (SSSR count).